The van der Waals surface area contributed by atoms with E-state index < -0.39 is 16.0 Å². The number of benzene rings is 2. The average molecular weight is 463 g/mol. The number of carboxylic acids is 1. The molecule has 2 aromatic carbocycles. The molecule has 1 fully saturated rings. The Kier molecular flexibility index (Phi) is 5.59. The van der Waals surface area contributed by atoms with E-state index in [0.29, 0.717) is 17.5 Å². The van der Waals surface area contributed by atoms with Crippen LogP contribution in [0.15, 0.2) is 47.4 Å². The molecule has 0 radical (unpaired) electrons. The number of ether oxygens (including phenoxy) is 1. The molecule has 2 N–H and O–H groups in total. The molecular weight excluding hydrogens is 444 g/mol. The van der Waals surface area contributed by atoms with Gasteiger partial charge in [-0.1, -0.05) is 11.6 Å². The molecule has 0 bridgehead atoms. The van der Waals surface area contributed by atoms with Crippen LogP contribution in [0.5, 0.6) is 5.75 Å². The first-order valence-electron chi connectivity index (χ1n) is 9.41. The van der Waals surface area contributed by atoms with Crippen molar-refractivity contribution < 1.29 is 23.1 Å². The lowest BCUT2D eigenvalue weighted by Crippen LogP contribution is -2.15. The summed E-state index contributed by atoms with van der Waals surface area (Å²) in [4.78, 5) is 11.3. The van der Waals surface area contributed by atoms with Crippen molar-refractivity contribution in [3.8, 4) is 5.75 Å². The van der Waals surface area contributed by atoms with E-state index in [9.17, 15) is 18.3 Å². The summed E-state index contributed by atoms with van der Waals surface area (Å²) < 4.78 is 35.3. The van der Waals surface area contributed by atoms with Gasteiger partial charge >= 0.3 is 5.97 Å². The van der Waals surface area contributed by atoms with Crippen LogP contribution < -0.4 is 9.46 Å². The van der Waals surface area contributed by atoms with Gasteiger partial charge < -0.3 is 14.4 Å². The van der Waals surface area contributed by atoms with Crippen LogP contribution >= 0.6 is 11.6 Å². The van der Waals surface area contributed by atoms with Crippen molar-refractivity contribution in [1.82, 2.24) is 14.8 Å². The normalized spacial score (nSPS) is 13.7. The average Bonchev–Trinajstić information content (AvgIpc) is 3.51. The van der Waals surface area contributed by atoms with Crippen LogP contribution in [0.3, 0.4) is 0 Å². The van der Waals surface area contributed by atoms with Gasteiger partial charge in [0.15, 0.2) is 5.82 Å². The Hall–Kier alpha value is -3.11. The summed E-state index contributed by atoms with van der Waals surface area (Å²) in [6.07, 6.45) is 2.25. The molecule has 4 rings (SSSR count). The third-order valence-corrected chi connectivity index (χ3v) is 6.52. The van der Waals surface area contributed by atoms with Crippen molar-refractivity contribution in [2.24, 2.45) is 7.05 Å². The number of carbonyl (C=O) groups is 1. The molecule has 0 saturated heterocycles. The third kappa shape index (κ3) is 4.64. The lowest BCUT2D eigenvalue weighted by atomic mass is 10.2. The molecule has 0 spiro atoms. The van der Waals surface area contributed by atoms with Gasteiger partial charge in [-0.2, -0.15) is 0 Å². The zero-order chi connectivity index (χ0) is 22.2. The molecule has 1 saturated carbocycles. The minimum Gasteiger partial charge on any atom is -0.486 e. The van der Waals surface area contributed by atoms with Crippen LogP contribution in [-0.4, -0.2) is 34.3 Å². The molecule has 0 amide bonds. The van der Waals surface area contributed by atoms with Crippen LogP contribution in [0.1, 0.15) is 40.8 Å². The Morgan fingerprint density at radius 2 is 1.94 bits per heavy atom. The van der Waals surface area contributed by atoms with E-state index in [-0.39, 0.29) is 27.8 Å². The van der Waals surface area contributed by atoms with Crippen LogP contribution in [-0.2, 0) is 23.7 Å². The fraction of sp³-hybridized carbons (Fsp3) is 0.250. The zero-order valence-electron chi connectivity index (χ0n) is 16.4. The minimum atomic E-state index is -4.01. The van der Waals surface area contributed by atoms with Crippen LogP contribution in [0, 0.1) is 0 Å². The van der Waals surface area contributed by atoms with E-state index in [1.807, 2.05) is 11.6 Å². The monoisotopic (exact) mass is 462 g/mol. The Morgan fingerprint density at radius 1 is 1.23 bits per heavy atom. The molecule has 0 atom stereocenters. The summed E-state index contributed by atoms with van der Waals surface area (Å²) in [7, 11) is -2.11. The fourth-order valence-electron chi connectivity index (χ4n) is 3.05. The summed E-state index contributed by atoms with van der Waals surface area (Å²) in [5.74, 6) is 1.29. The second-order valence-corrected chi connectivity index (χ2v) is 9.29. The lowest BCUT2D eigenvalue weighted by Gasteiger charge is -2.12. The number of nitrogens with one attached hydrogen (secondary N) is 1. The van der Waals surface area contributed by atoms with Crippen LogP contribution in [0.2, 0.25) is 5.02 Å². The van der Waals surface area contributed by atoms with Gasteiger partial charge in [0, 0.05) is 18.0 Å². The molecule has 31 heavy (non-hydrogen) atoms. The first-order chi connectivity index (χ1) is 14.7. The molecule has 162 valence electrons. The van der Waals surface area contributed by atoms with Gasteiger partial charge in [-0.05, 0) is 55.3 Å². The third-order valence-electron chi connectivity index (χ3n) is 4.90. The SMILES string of the molecule is Cn1c(COc2ccc(S(=O)(=O)Nc3ccc(Cl)cc3C(=O)O)cc2)nnc1C1CC1. The maximum absolute atomic E-state index is 12.7. The van der Waals surface area contributed by atoms with Crippen molar-refractivity contribution in [3.63, 3.8) is 0 Å². The number of halogens is 1. The summed E-state index contributed by atoms with van der Waals surface area (Å²) >= 11 is 5.81. The molecule has 3 aromatic rings. The number of sulfonamides is 1. The maximum atomic E-state index is 12.7. The Balaban J connectivity index is 1.45. The van der Waals surface area contributed by atoms with E-state index in [2.05, 4.69) is 14.9 Å². The number of aromatic carboxylic acids is 1. The highest BCUT2D eigenvalue weighted by atomic mass is 35.5. The molecule has 1 aliphatic rings. The van der Waals surface area contributed by atoms with Crippen molar-refractivity contribution in [2.75, 3.05) is 4.72 Å². The zero-order valence-corrected chi connectivity index (χ0v) is 18.0. The van der Waals surface area contributed by atoms with Gasteiger partial charge in [0.25, 0.3) is 10.0 Å². The van der Waals surface area contributed by atoms with E-state index >= 15 is 0 Å². The van der Waals surface area contributed by atoms with Gasteiger partial charge in [0.1, 0.15) is 18.2 Å². The van der Waals surface area contributed by atoms with Crippen LogP contribution in [0.4, 0.5) is 5.69 Å². The molecule has 1 aromatic heterocycles. The van der Waals surface area contributed by atoms with Gasteiger partial charge in [-0.25, -0.2) is 13.2 Å². The number of rotatable bonds is 8. The minimum absolute atomic E-state index is 0.0409. The molecule has 11 heteroatoms. The molecule has 1 heterocycles. The first kappa shape index (κ1) is 21.1. The maximum Gasteiger partial charge on any atom is 0.337 e. The number of aromatic nitrogens is 3. The van der Waals surface area contributed by atoms with Gasteiger partial charge in [0.2, 0.25) is 0 Å². The van der Waals surface area contributed by atoms with Crippen molar-refractivity contribution in [3.05, 3.63) is 64.7 Å². The summed E-state index contributed by atoms with van der Waals surface area (Å²) in [6, 6.07) is 9.68. The standard InChI is InChI=1S/C20H19ClN4O5S/c1-25-18(22-23-19(25)12-2-3-12)11-30-14-5-7-15(8-6-14)31(28,29)24-17-9-4-13(21)10-16(17)20(26)27/h4-10,12,24H,2-3,11H2,1H3,(H,26,27). The Labute approximate surface area is 183 Å². The van der Waals surface area contributed by atoms with Crippen molar-refractivity contribution in [2.45, 2.75) is 30.3 Å². The number of carboxylic acid groups (broad SMARTS) is 1. The van der Waals surface area contributed by atoms with E-state index in [1.165, 1.54) is 42.5 Å². The predicted octanol–water partition coefficient (Wildman–Crippen LogP) is 3.42. The molecule has 1 aliphatic carbocycles. The molecule has 9 nitrogen and oxygen atoms in total. The highest BCUT2D eigenvalue weighted by Gasteiger charge is 2.29. The first-order valence-corrected chi connectivity index (χ1v) is 11.3. The second kappa shape index (κ2) is 8.20. The Morgan fingerprint density at radius 3 is 2.58 bits per heavy atom. The van der Waals surface area contributed by atoms with E-state index in [4.69, 9.17) is 16.3 Å². The number of nitrogens with zero attached hydrogens (tertiary/aromatic N) is 3. The van der Waals surface area contributed by atoms with Crippen molar-refractivity contribution >= 4 is 33.3 Å². The smallest absolute Gasteiger partial charge is 0.337 e. The molecule has 0 aliphatic heterocycles. The fourth-order valence-corrected chi connectivity index (χ4v) is 4.30. The largest absolute Gasteiger partial charge is 0.486 e. The highest BCUT2D eigenvalue weighted by Crippen LogP contribution is 2.38. The number of anilines is 1. The lowest BCUT2D eigenvalue weighted by molar-refractivity contribution is 0.0698. The number of hydrogen-bond donors (Lipinski definition) is 2. The number of hydrogen-bond acceptors (Lipinski definition) is 6. The molecule has 0 unspecified atom stereocenters. The van der Waals surface area contributed by atoms with Gasteiger partial charge in [-0.3, -0.25) is 4.72 Å². The van der Waals surface area contributed by atoms with Gasteiger partial charge in [-0.15, -0.1) is 10.2 Å². The van der Waals surface area contributed by atoms with Gasteiger partial charge in [0.05, 0.1) is 16.1 Å². The highest BCUT2D eigenvalue weighted by molar-refractivity contribution is 7.92. The molecular formula is C20H19ClN4O5S. The van der Waals surface area contributed by atoms with Crippen LogP contribution in [0.25, 0.3) is 0 Å². The second-order valence-electron chi connectivity index (χ2n) is 7.17. The summed E-state index contributed by atoms with van der Waals surface area (Å²) in [6.45, 7) is 0.202. The van der Waals surface area contributed by atoms with E-state index in [1.54, 1.807) is 0 Å². The topological polar surface area (TPSA) is 123 Å². The predicted molar refractivity (Wildman–Crippen MR) is 113 cm³/mol. The van der Waals surface area contributed by atoms with E-state index in [0.717, 1.165) is 18.7 Å². The summed E-state index contributed by atoms with van der Waals surface area (Å²) in [5.41, 5.74) is -0.323. The van der Waals surface area contributed by atoms with Crippen molar-refractivity contribution in [1.29, 1.82) is 0 Å². The Bertz CT molecular complexity index is 1240. The quantitative estimate of drug-likeness (QED) is 0.525. The summed E-state index contributed by atoms with van der Waals surface area (Å²) in [5, 5.41) is 17.8.